The molecule has 1 fully saturated rings. The molecular weight excluding hydrogens is 318 g/mol. The molecule has 118 valence electrons. The van der Waals surface area contributed by atoms with Crippen molar-refractivity contribution in [1.82, 2.24) is 9.88 Å². The van der Waals surface area contributed by atoms with Gasteiger partial charge in [-0.25, -0.2) is 4.98 Å². The summed E-state index contributed by atoms with van der Waals surface area (Å²) in [4.78, 5) is 20.8. The SMILES string of the molecule is Cc1c(Cl)ccc2sc(N3CCC(C(=O)N(C)C)CC3)nc12. The Balaban J connectivity index is 1.77. The number of thiazole rings is 1. The molecule has 1 aromatic carbocycles. The van der Waals surface area contributed by atoms with Crippen LogP contribution in [-0.2, 0) is 4.79 Å². The molecule has 0 spiro atoms. The first-order valence-corrected chi connectivity index (χ1v) is 8.68. The highest BCUT2D eigenvalue weighted by Gasteiger charge is 2.27. The molecular formula is C16H20ClN3OS. The fourth-order valence-electron chi connectivity index (χ4n) is 2.91. The minimum absolute atomic E-state index is 0.150. The van der Waals surface area contributed by atoms with Crippen LogP contribution in [0.15, 0.2) is 12.1 Å². The normalized spacial score (nSPS) is 16.3. The van der Waals surface area contributed by atoms with E-state index >= 15 is 0 Å². The molecule has 0 atom stereocenters. The van der Waals surface area contributed by atoms with Crippen molar-refractivity contribution >= 4 is 44.2 Å². The number of aromatic nitrogens is 1. The third-order valence-corrected chi connectivity index (χ3v) is 5.78. The lowest BCUT2D eigenvalue weighted by molar-refractivity contribution is -0.133. The summed E-state index contributed by atoms with van der Waals surface area (Å²) in [5, 5.41) is 1.80. The summed E-state index contributed by atoms with van der Waals surface area (Å²) in [5.41, 5.74) is 2.04. The first-order valence-electron chi connectivity index (χ1n) is 7.49. The Morgan fingerprint density at radius 2 is 2.05 bits per heavy atom. The summed E-state index contributed by atoms with van der Waals surface area (Å²) < 4.78 is 1.17. The van der Waals surface area contributed by atoms with Crippen molar-refractivity contribution < 1.29 is 4.79 Å². The van der Waals surface area contributed by atoms with Gasteiger partial charge in [0.25, 0.3) is 0 Å². The molecule has 4 nitrogen and oxygen atoms in total. The van der Waals surface area contributed by atoms with Crippen molar-refractivity contribution in [3.05, 3.63) is 22.7 Å². The van der Waals surface area contributed by atoms with E-state index in [9.17, 15) is 4.79 Å². The number of rotatable bonds is 2. The van der Waals surface area contributed by atoms with E-state index < -0.39 is 0 Å². The standard InChI is InChI=1S/C16H20ClN3OS/c1-10-12(17)4-5-13-14(10)18-16(22-13)20-8-6-11(7-9-20)15(21)19(2)3/h4-5,11H,6-9H2,1-3H3. The van der Waals surface area contributed by atoms with Crippen LogP contribution >= 0.6 is 22.9 Å². The van der Waals surface area contributed by atoms with Crippen molar-refractivity contribution in [3.8, 4) is 0 Å². The average Bonchev–Trinajstić information content (AvgIpc) is 2.95. The lowest BCUT2D eigenvalue weighted by Gasteiger charge is -2.32. The maximum atomic E-state index is 12.0. The number of carbonyl (C=O) groups excluding carboxylic acids is 1. The summed E-state index contributed by atoms with van der Waals surface area (Å²) >= 11 is 7.88. The van der Waals surface area contributed by atoms with Crippen molar-refractivity contribution in [2.45, 2.75) is 19.8 Å². The minimum atomic E-state index is 0.150. The summed E-state index contributed by atoms with van der Waals surface area (Å²) in [5.74, 6) is 0.392. The van der Waals surface area contributed by atoms with E-state index in [1.54, 1.807) is 16.2 Å². The Hall–Kier alpha value is -1.33. The average molecular weight is 338 g/mol. The van der Waals surface area contributed by atoms with Crippen LogP contribution in [0, 0.1) is 12.8 Å². The molecule has 0 unspecified atom stereocenters. The summed E-state index contributed by atoms with van der Waals surface area (Å²) in [7, 11) is 3.66. The smallest absolute Gasteiger partial charge is 0.225 e. The van der Waals surface area contributed by atoms with Gasteiger partial charge in [0, 0.05) is 38.1 Å². The van der Waals surface area contributed by atoms with E-state index in [2.05, 4.69) is 4.90 Å². The van der Waals surface area contributed by atoms with Crippen LogP contribution in [0.2, 0.25) is 5.02 Å². The van der Waals surface area contributed by atoms with Crippen molar-refractivity contribution in [2.24, 2.45) is 5.92 Å². The molecule has 2 aromatic rings. The van der Waals surface area contributed by atoms with E-state index in [1.807, 2.05) is 33.2 Å². The molecule has 0 radical (unpaired) electrons. The number of benzene rings is 1. The third kappa shape index (κ3) is 2.79. The number of nitrogens with zero attached hydrogens (tertiary/aromatic N) is 3. The Labute approximate surface area is 139 Å². The molecule has 22 heavy (non-hydrogen) atoms. The zero-order chi connectivity index (χ0) is 15.9. The first kappa shape index (κ1) is 15.6. The second kappa shape index (κ2) is 6.05. The van der Waals surface area contributed by atoms with Gasteiger partial charge in [-0.05, 0) is 37.5 Å². The highest BCUT2D eigenvalue weighted by molar-refractivity contribution is 7.22. The molecule has 0 aliphatic carbocycles. The highest BCUT2D eigenvalue weighted by Crippen LogP contribution is 2.35. The fraction of sp³-hybridized carbons (Fsp3) is 0.500. The Kier molecular flexibility index (Phi) is 4.28. The van der Waals surface area contributed by atoms with Crippen molar-refractivity contribution in [1.29, 1.82) is 0 Å². The van der Waals surface area contributed by atoms with E-state index in [0.29, 0.717) is 0 Å². The number of amides is 1. The number of hydrogen-bond acceptors (Lipinski definition) is 4. The lowest BCUT2D eigenvalue weighted by atomic mass is 9.96. The van der Waals surface area contributed by atoms with Crippen molar-refractivity contribution in [2.75, 3.05) is 32.1 Å². The van der Waals surface area contributed by atoms with Gasteiger partial charge in [0.1, 0.15) is 0 Å². The zero-order valence-electron chi connectivity index (χ0n) is 13.1. The summed E-state index contributed by atoms with van der Waals surface area (Å²) in [6.45, 7) is 3.78. The molecule has 1 aliphatic rings. The molecule has 2 heterocycles. The third-order valence-electron chi connectivity index (χ3n) is 4.29. The molecule has 0 saturated carbocycles. The molecule has 0 N–H and O–H groups in total. The van der Waals surface area contributed by atoms with Gasteiger partial charge in [-0.3, -0.25) is 4.79 Å². The maximum absolute atomic E-state index is 12.0. The van der Waals surface area contributed by atoms with E-state index in [1.165, 1.54) is 4.70 Å². The number of aryl methyl sites for hydroxylation is 1. The Bertz CT molecular complexity index is 705. The maximum Gasteiger partial charge on any atom is 0.225 e. The molecule has 1 saturated heterocycles. The minimum Gasteiger partial charge on any atom is -0.349 e. The second-order valence-corrected chi connectivity index (χ2v) is 7.43. The van der Waals surface area contributed by atoms with Gasteiger partial charge in [0.15, 0.2) is 5.13 Å². The van der Waals surface area contributed by atoms with E-state index in [-0.39, 0.29) is 11.8 Å². The van der Waals surface area contributed by atoms with Gasteiger partial charge in [-0.15, -0.1) is 0 Å². The summed E-state index contributed by atoms with van der Waals surface area (Å²) in [6.07, 6.45) is 1.79. The fourth-order valence-corrected chi connectivity index (χ4v) is 4.14. The number of piperidine rings is 1. The van der Waals surface area contributed by atoms with Gasteiger partial charge in [0.2, 0.25) is 5.91 Å². The van der Waals surface area contributed by atoms with Gasteiger partial charge in [-0.2, -0.15) is 0 Å². The van der Waals surface area contributed by atoms with E-state index in [4.69, 9.17) is 16.6 Å². The molecule has 1 aromatic heterocycles. The van der Waals surface area contributed by atoms with Crippen LogP contribution in [0.5, 0.6) is 0 Å². The van der Waals surface area contributed by atoms with E-state index in [0.717, 1.165) is 47.2 Å². The highest BCUT2D eigenvalue weighted by atomic mass is 35.5. The quantitative estimate of drug-likeness (QED) is 0.840. The van der Waals surface area contributed by atoms with Crippen LogP contribution in [0.1, 0.15) is 18.4 Å². The van der Waals surface area contributed by atoms with Crippen LogP contribution in [0.4, 0.5) is 5.13 Å². The number of carbonyl (C=O) groups is 1. The number of anilines is 1. The van der Waals surface area contributed by atoms with Crippen LogP contribution in [0.25, 0.3) is 10.2 Å². The van der Waals surface area contributed by atoms with Gasteiger partial charge in [-0.1, -0.05) is 22.9 Å². The van der Waals surface area contributed by atoms with Gasteiger partial charge < -0.3 is 9.80 Å². The largest absolute Gasteiger partial charge is 0.349 e. The van der Waals surface area contributed by atoms with Crippen LogP contribution < -0.4 is 4.90 Å². The van der Waals surface area contributed by atoms with Crippen molar-refractivity contribution in [3.63, 3.8) is 0 Å². The molecule has 6 heteroatoms. The number of halogens is 1. The second-order valence-electron chi connectivity index (χ2n) is 6.01. The topological polar surface area (TPSA) is 36.4 Å². The number of hydrogen-bond donors (Lipinski definition) is 0. The lowest BCUT2D eigenvalue weighted by Crippen LogP contribution is -2.40. The molecule has 3 rings (SSSR count). The monoisotopic (exact) mass is 337 g/mol. The molecule has 1 amide bonds. The first-order chi connectivity index (χ1) is 10.5. The predicted octanol–water partition coefficient (Wildman–Crippen LogP) is 3.56. The summed E-state index contributed by atoms with van der Waals surface area (Å²) in [6, 6.07) is 3.97. The Morgan fingerprint density at radius 1 is 1.36 bits per heavy atom. The number of fused-ring (bicyclic) bond motifs is 1. The van der Waals surface area contributed by atoms with Crippen LogP contribution in [-0.4, -0.2) is 43.0 Å². The Morgan fingerprint density at radius 3 is 2.68 bits per heavy atom. The zero-order valence-corrected chi connectivity index (χ0v) is 14.7. The van der Waals surface area contributed by atoms with Crippen LogP contribution in [0.3, 0.4) is 0 Å². The van der Waals surface area contributed by atoms with Gasteiger partial charge >= 0.3 is 0 Å². The van der Waals surface area contributed by atoms with Gasteiger partial charge in [0.05, 0.1) is 10.2 Å². The molecule has 0 bridgehead atoms. The molecule has 1 aliphatic heterocycles. The predicted molar refractivity (Wildman–Crippen MR) is 93.0 cm³/mol.